The van der Waals surface area contributed by atoms with Gasteiger partial charge < -0.3 is 43.9 Å². The summed E-state index contributed by atoms with van der Waals surface area (Å²) in [5, 5.41) is 13.2. The predicted molar refractivity (Wildman–Crippen MR) is 154 cm³/mol. The summed E-state index contributed by atoms with van der Waals surface area (Å²) in [4.78, 5) is 31.7. The molecule has 21 heteroatoms. The fraction of sp³-hybridized carbons (Fsp3) is 0.571. The van der Waals surface area contributed by atoms with E-state index in [1.54, 1.807) is 10.9 Å². The lowest BCUT2D eigenvalue weighted by Gasteiger charge is -2.45. The summed E-state index contributed by atoms with van der Waals surface area (Å²) >= 11 is 9.57. The van der Waals surface area contributed by atoms with Crippen molar-refractivity contribution in [1.29, 1.82) is 0 Å². The van der Waals surface area contributed by atoms with E-state index in [2.05, 4.69) is 42.5 Å². The first-order valence-electron chi connectivity index (χ1n) is 13.0. The highest BCUT2D eigenvalue weighted by Crippen LogP contribution is 2.58. The maximum atomic E-state index is 13.2. The maximum absolute atomic E-state index is 13.2. The average molecular weight is 660 g/mol. The van der Waals surface area contributed by atoms with Crippen molar-refractivity contribution >= 4 is 66.7 Å². The molecular weight excluding hydrogens is 632 g/mol. The van der Waals surface area contributed by atoms with Crippen molar-refractivity contribution < 1.29 is 37.4 Å². The van der Waals surface area contributed by atoms with E-state index in [0.29, 0.717) is 29.1 Å². The Morgan fingerprint density at radius 3 is 2.74 bits per heavy atom. The van der Waals surface area contributed by atoms with Gasteiger partial charge in [-0.15, -0.1) is 0 Å². The Labute approximate surface area is 248 Å². The van der Waals surface area contributed by atoms with E-state index in [9.17, 15) is 14.6 Å². The Hall–Kier alpha value is -2.02. The Bertz CT molecular complexity index is 1640. The van der Waals surface area contributed by atoms with Crippen LogP contribution in [0.25, 0.3) is 11.2 Å². The molecule has 0 aromatic carbocycles. The largest absolute Gasteiger partial charge is 0.386 e. The van der Waals surface area contributed by atoms with Gasteiger partial charge in [-0.1, -0.05) is 12.2 Å². The third kappa shape index (κ3) is 5.30. The van der Waals surface area contributed by atoms with E-state index >= 15 is 0 Å². The van der Waals surface area contributed by atoms with Gasteiger partial charge in [-0.05, 0) is 24.1 Å². The quantitative estimate of drug-likeness (QED) is 0.196. The lowest BCUT2D eigenvalue weighted by molar-refractivity contribution is -0.0375. The molecule has 3 unspecified atom stereocenters. The van der Waals surface area contributed by atoms with Crippen LogP contribution in [0.15, 0.2) is 24.0 Å². The van der Waals surface area contributed by atoms with Crippen LogP contribution in [0, 0.1) is 11.8 Å². The van der Waals surface area contributed by atoms with Crippen LogP contribution in [-0.4, -0.2) is 77.4 Å². The second kappa shape index (κ2) is 10.9. The van der Waals surface area contributed by atoms with Crippen LogP contribution in [0.1, 0.15) is 37.0 Å². The number of hydrogen-bond acceptors (Lipinski definition) is 15. The maximum Gasteiger partial charge on any atom is 0.386 e. The number of fused-ring (bicyclic) bond motifs is 4. The van der Waals surface area contributed by atoms with Crippen LogP contribution < -0.4 is 11.1 Å². The molecule has 9 atom stereocenters. The highest BCUT2D eigenvalue weighted by Gasteiger charge is 2.47. The molecule has 3 aromatic rings. The number of anilines is 2. The van der Waals surface area contributed by atoms with Crippen molar-refractivity contribution in [3.05, 3.63) is 24.7 Å². The van der Waals surface area contributed by atoms with Crippen LogP contribution in [0.4, 0.5) is 11.6 Å². The SMILES string of the molecule is Nc1ncnc2c1ncn2[C@H]1C[C@@H]2OP(O)(=S)OC[C@H]3C[C@@H](n4cnc5c4NC=NC5O)[C@@H]3COP(=O)(S)OC[C@H]2O1. The van der Waals surface area contributed by atoms with Crippen molar-refractivity contribution in [3.63, 3.8) is 0 Å². The molecule has 0 amide bonds. The minimum absolute atomic E-state index is 0.0119. The van der Waals surface area contributed by atoms with Gasteiger partial charge in [0.25, 0.3) is 0 Å². The van der Waals surface area contributed by atoms with Gasteiger partial charge in [-0.25, -0.2) is 29.5 Å². The molecular formula is C21H27N9O8P2S2. The first-order chi connectivity index (χ1) is 20.1. The number of aliphatic imine (C=N–C) groups is 1. The zero-order chi connectivity index (χ0) is 29.2. The Balaban J connectivity index is 1.10. The molecule has 226 valence electrons. The van der Waals surface area contributed by atoms with Gasteiger partial charge in [-0.3, -0.25) is 9.09 Å². The van der Waals surface area contributed by atoms with Crippen LogP contribution in [-0.2, 0) is 39.2 Å². The molecule has 7 rings (SSSR count). The number of aliphatic hydroxyl groups is 1. The van der Waals surface area contributed by atoms with Gasteiger partial charge in [0.1, 0.15) is 35.7 Å². The normalized spacial score (nSPS) is 38.7. The summed E-state index contributed by atoms with van der Waals surface area (Å²) < 4.78 is 46.1. The first-order valence-corrected chi connectivity index (χ1v) is 18.3. The number of imidazole rings is 2. The van der Waals surface area contributed by atoms with Crippen molar-refractivity contribution in [2.24, 2.45) is 16.8 Å². The van der Waals surface area contributed by atoms with Gasteiger partial charge >= 0.3 is 13.5 Å². The van der Waals surface area contributed by atoms with E-state index in [0.717, 1.165) is 0 Å². The van der Waals surface area contributed by atoms with Crippen molar-refractivity contribution in [2.45, 2.75) is 43.5 Å². The first kappa shape index (κ1) is 28.7. The lowest BCUT2D eigenvalue weighted by Crippen LogP contribution is -2.43. The summed E-state index contributed by atoms with van der Waals surface area (Å²) in [6.07, 6.45) is 3.39. The Morgan fingerprint density at radius 2 is 1.88 bits per heavy atom. The number of hydrogen-bond donors (Lipinski definition) is 5. The molecule has 4 aliphatic rings. The molecule has 0 spiro atoms. The van der Waals surface area contributed by atoms with E-state index in [1.165, 1.54) is 19.0 Å². The van der Waals surface area contributed by atoms with Crippen molar-refractivity contribution in [2.75, 3.05) is 30.9 Å². The molecule has 3 fully saturated rings. The monoisotopic (exact) mass is 659 g/mol. The minimum Gasteiger partial charge on any atom is -0.382 e. The van der Waals surface area contributed by atoms with Crippen molar-refractivity contribution in [1.82, 2.24) is 29.1 Å². The number of nitrogens with two attached hydrogens (primary N) is 1. The van der Waals surface area contributed by atoms with Gasteiger partial charge in [0, 0.05) is 18.4 Å². The number of nitrogens with one attached hydrogen (secondary N) is 1. The van der Waals surface area contributed by atoms with E-state index in [-0.39, 0.29) is 49.9 Å². The fourth-order valence-electron chi connectivity index (χ4n) is 5.73. The average Bonchev–Trinajstić information content (AvgIpc) is 3.64. The zero-order valence-corrected chi connectivity index (χ0v) is 25.2. The standard InChI is InChI=1S/C21H27N9O8P2S2/c22-18-16-19(24-6-23-18)30(9-27-16)15-2-13-14(37-15)5-36-39(32,41)35-4-11-10(3-34-40(33,42)38-13)1-12(11)29-8-28-17-20(29)25-7-26-21(17)31/h6-15,21,31H,1-5H2,(H,25,26)(H,32,41)(H,33,42)(H2,22,23,24)/t10-,11-,12-,13+,14-,15-,21?,39?,40?/m1/s1. The molecule has 3 aromatic heterocycles. The van der Waals surface area contributed by atoms with Crippen LogP contribution in [0.3, 0.4) is 0 Å². The van der Waals surface area contributed by atoms with Crippen molar-refractivity contribution in [3.8, 4) is 0 Å². The molecule has 3 aliphatic heterocycles. The molecule has 42 heavy (non-hydrogen) atoms. The topological polar surface area (TPSA) is 216 Å². The van der Waals surface area contributed by atoms with Crippen LogP contribution in [0.2, 0.25) is 0 Å². The third-order valence-corrected chi connectivity index (χ3v) is 11.1. The number of aromatic nitrogens is 6. The number of ether oxygens (including phenoxy) is 1. The van der Waals surface area contributed by atoms with E-state index in [4.69, 9.17) is 40.4 Å². The van der Waals surface area contributed by atoms with Gasteiger partial charge in [0.05, 0.1) is 44.9 Å². The Morgan fingerprint density at radius 1 is 1.07 bits per heavy atom. The molecule has 0 bridgehead atoms. The number of thiol groups is 1. The zero-order valence-electron chi connectivity index (χ0n) is 21.7. The molecule has 17 nitrogen and oxygen atoms in total. The summed E-state index contributed by atoms with van der Waals surface area (Å²) in [5.74, 6) is 0.460. The smallest absolute Gasteiger partial charge is 0.382 e. The summed E-state index contributed by atoms with van der Waals surface area (Å²) in [7, 11) is 0. The lowest BCUT2D eigenvalue weighted by atomic mass is 9.70. The predicted octanol–water partition coefficient (Wildman–Crippen LogP) is 1.92. The third-order valence-electron chi connectivity index (χ3n) is 7.92. The molecule has 1 aliphatic carbocycles. The van der Waals surface area contributed by atoms with E-state index in [1.807, 2.05) is 4.57 Å². The number of rotatable bonds is 2. The summed E-state index contributed by atoms with van der Waals surface area (Å²) in [6.45, 7) is -7.72. The molecule has 1 saturated carbocycles. The minimum atomic E-state index is -3.84. The molecule has 0 radical (unpaired) electrons. The van der Waals surface area contributed by atoms with Crippen LogP contribution in [0.5, 0.6) is 0 Å². The molecule has 6 heterocycles. The van der Waals surface area contributed by atoms with Gasteiger partial charge in [0.2, 0.25) is 0 Å². The Kier molecular flexibility index (Phi) is 7.42. The molecule has 2 saturated heterocycles. The summed E-state index contributed by atoms with van der Waals surface area (Å²) in [6, 6.07) is -0.150. The second-order valence-corrected chi connectivity index (χ2v) is 16.0. The van der Waals surface area contributed by atoms with Gasteiger partial charge in [0.15, 0.2) is 17.7 Å². The fourth-order valence-corrected chi connectivity index (χ4v) is 8.42. The van der Waals surface area contributed by atoms with Crippen LogP contribution >= 0.6 is 25.8 Å². The number of aliphatic hydroxyl groups excluding tert-OH is 1. The number of nitrogen functional groups attached to an aromatic ring is 1. The molecule has 5 N–H and O–H groups in total. The highest BCUT2D eigenvalue weighted by molar-refractivity contribution is 8.44. The van der Waals surface area contributed by atoms with Gasteiger partial charge in [-0.2, -0.15) is 0 Å². The number of nitrogens with zero attached hydrogens (tertiary/aromatic N) is 7. The highest BCUT2D eigenvalue weighted by atomic mass is 32.7. The summed E-state index contributed by atoms with van der Waals surface area (Å²) in [5.41, 5.74) is 7.18. The second-order valence-electron chi connectivity index (χ2n) is 10.3. The van der Waals surface area contributed by atoms with E-state index < -0.39 is 38.2 Å².